The second kappa shape index (κ2) is 6.72. The van der Waals surface area contributed by atoms with Crippen molar-refractivity contribution in [3.05, 3.63) is 33.4 Å². The van der Waals surface area contributed by atoms with Crippen molar-refractivity contribution in [2.24, 2.45) is 5.41 Å². The summed E-state index contributed by atoms with van der Waals surface area (Å²) in [6.45, 7) is 12.6. The maximum absolute atomic E-state index is 13.0. The molecule has 4 heterocycles. The molecule has 7 nitrogen and oxygen atoms in total. The summed E-state index contributed by atoms with van der Waals surface area (Å²) in [4.78, 5) is 35.0. The molecule has 0 spiro atoms. The Hall–Kier alpha value is -2.15. The van der Waals surface area contributed by atoms with E-state index in [1.54, 1.807) is 4.52 Å². The molecule has 1 N–H and O–H groups in total. The first-order valence-electron chi connectivity index (χ1n) is 10.4. The molecular formula is C21H31N5O2. The molecule has 2 aromatic rings. The first-order valence-corrected chi connectivity index (χ1v) is 10.4. The van der Waals surface area contributed by atoms with Gasteiger partial charge in [-0.25, -0.2) is 9.50 Å². The summed E-state index contributed by atoms with van der Waals surface area (Å²) >= 11 is 0. The largest absolute Gasteiger partial charge is 0.334 e. The van der Waals surface area contributed by atoms with Crippen molar-refractivity contribution in [2.45, 2.75) is 72.5 Å². The van der Waals surface area contributed by atoms with Crippen molar-refractivity contribution in [1.29, 1.82) is 0 Å². The molecule has 1 saturated heterocycles. The summed E-state index contributed by atoms with van der Waals surface area (Å²) in [6.07, 6.45) is 2.61. The predicted octanol–water partition coefficient (Wildman–Crippen LogP) is 2.50. The number of nitrogens with zero attached hydrogens (tertiary/aromatic N) is 4. The van der Waals surface area contributed by atoms with Gasteiger partial charge in [-0.1, -0.05) is 20.8 Å². The lowest BCUT2D eigenvalue weighted by Crippen LogP contribution is -2.40. The Bertz CT molecular complexity index is 966. The van der Waals surface area contributed by atoms with Crippen molar-refractivity contribution in [2.75, 3.05) is 13.1 Å². The van der Waals surface area contributed by atoms with Crippen molar-refractivity contribution in [1.82, 2.24) is 24.4 Å². The van der Waals surface area contributed by atoms with Crippen LogP contribution in [0.15, 0.2) is 10.9 Å². The second-order valence-electron chi connectivity index (χ2n) is 9.47. The topological polar surface area (TPSA) is 73.7 Å². The van der Waals surface area contributed by atoms with E-state index < -0.39 is 5.41 Å². The molecule has 1 atom stereocenters. The molecule has 0 radical (unpaired) electrons. The van der Waals surface area contributed by atoms with Crippen molar-refractivity contribution in [3.8, 4) is 0 Å². The van der Waals surface area contributed by atoms with Crippen LogP contribution in [-0.2, 0) is 17.8 Å². The first kappa shape index (κ1) is 19.2. The number of likely N-dealkylation sites (tertiary alicyclic amines) is 1. The molecular weight excluding hydrogens is 354 g/mol. The lowest BCUT2D eigenvalue weighted by Gasteiger charge is -2.30. The lowest BCUT2D eigenvalue weighted by molar-refractivity contribution is -0.140. The molecule has 2 aromatic heterocycles. The first-order chi connectivity index (χ1) is 13.2. The summed E-state index contributed by atoms with van der Waals surface area (Å²) in [5.41, 5.74) is 2.85. The number of nitrogens with one attached hydrogen (secondary N) is 1. The Kier molecular flexibility index (Phi) is 4.61. The van der Waals surface area contributed by atoms with Gasteiger partial charge in [0.2, 0.25) is 5.91 Å². The van der Waals surface area contributed by atoms with Crippen LogP contribution in [0, 0.1) is 5.41 Å². The van der Waals surface area contributed by atoms with E-state index in [9.17, 15) is 9.59 Å². The molecule has 0 aliphatic carbocycles. The molecule has 1 unspecified atom stereocenters. The number of aromatic nitrogens is 3. The zero-order chi connectivity index (χ0) is 20.2. The Morgan fingerprint density at radius 3 is 2.71 bits per heavy atom. The Morgan fingerprint density at radius 2 is 2.04 bits per heavy atom. The fourth-order valence-electron chi connectivity index (χ4n) is 4.41. The number of hydrogen-bond donors (Lipinski definition) is 1. The minimum absolute atomic E-state index is 0.00125. The minimum atomic E-state index is -0.414. The number of aromatic amines is 1. The van der Waals surface area contributed by atoms with Gasteiger partial charge in [-0.05, 0) is 33.1 Å². The fourth-order valence-corrected chi connectivity index (χ4v) is 4.41. The van der Waals surface area contributed by atoms with Gasteiger partial charge < -0.3 is 4.90 Å². The third kappa shape index (κ3) is 3.15. The smallest absolute Gasteiger partial charge is 0.276 e. The van der Waals surface area contributed by atoms with Crippen LogP contribution in [0.5, 0.6) is 0 Å². The van der Waals surface area contributed by atoms with E-state index in [2.05, 4.69) is 23.8 Å². The highest BCUT2D eigenvalue weighted by molar-refractivity contribution is 5.82. The zero-order valence-corrected chi connectivity index (χ0v) is 17.6. The van der Waals surface area contributed by atoms with Gasteiger partial charge in [0.15, 0.2) is 5.65 Å². The number of H-pyrrole nitrogens is 1. The molecule has 7 heteroatoms. The molecule has 28 heavy (non-hydrogen) atoms. The molecule has 0 bridgehead atoms. The third-order valence-corrected chi connectivity index (χ3v) is 6.06. The lowest BCUT2D eigenvalue weighted by atomic mass is 9.94. The molecule has 1 fully saturated rings. The van der Waals surface area contributed by atoms with Gasteiger partial charge in [-0.15, -0.1) is 0 Å². The van der Waals surface area contributed by atoms with E-state index in [4.69, 9.17) is 4.98 Å². The normalized spacial score (nSPS) is 20.9. The van der Waals surface area contributed by atoms with Crippen LogP contribution in [0.1, 0.15) is 70.5 Å². The van der Waals surface area contributed by atoms with E-state index in [1.165, 1.54) is 0 Å². The Morgan fingerprint density at radius 1 is 1.29 bits per heavy atom. The van der Waals surface area contributed by atoms with Crippen molar-refractivity contribution in [3.63, 3.8) is 0 Å². The van der Waals surface area contributed by atoms with Crippen LogP contribution in [0.25, 0.3) is 5.65 Å². The van der Waals surface area contributed by atoms with Crippen LogP contribution < -0.4 is 5.56 Å². The summed E-state index contributed by atoms with van der Waals surface area (Å²) < 4.78 is 1.57. The van der Waals surface area contributed by atoms with Crippen LogP contribution in [-0.4, -0.2) is 49.4 Å². The minimum Gasteiger partial charge on any atom is -0.334 e. The number of amides is 1. The van der Waals surface area contributed by atoms with Crippen LogP contribution in [0.4, 0.5) is 0 Å². The summed E-state index contributed by atoms with van der Waals surface area (Å²) in [5.74, 6) is 0.154. The van der Waals surface area contributed by atoms with Gasteiger partial charge in [0, 0.05) is 42.7 Å². The van der Waals surface area contributed by atoms with Crippen LogP contribution in [0.3, 0.4) is 0 Å². The quantitative estimate of drug-likeness (QED) is 0.862. The number of fused-ring (bicyclic) bond motifs is 2. The van der Waals surface area contributed by atoms with E-state index in [1.807, 2.05) is 31.7 Å². The number of rotatable bonds is 2. The van der Waals surface area contributed by atoms with Gasteiger partial charge in [0.05, 0.1) is 17.4 Å². The molecule has 2 aliphatic rings. The third-order valence-electron chi connectivity index (χ3n) is 6.06. The van der Waals surface area contributed by atoms with Gasteiger partial charge in [-0.3, -0.25) is 19.6 Å². The van der Waals surface area contributed by atoms with E-state index in [0.717, 1.165) is 55.8 Å². The molecule has 4 rings (SSSR count). The monoisotopic (exact) mass is 385 g/mol. The SMILES string of the molecule is CC(C)N1CCc2c(nc3cc(C4CCCN4C(=O)C(C)(C)C)[nH]n3c2=O)C1. The number of hydrogen-bond acceptors (Lipinski definition) is 4. The second-order valence-corrected chi connectivity index (χ2v) is 9.47. The molecule has 0 aromatic carbocycles. The summed E-state index contributed by atoms with van der Waals surface area (Å²) in [7, 11) is 0. The van der Waals surface area contributed by atoms with Crippen LogP contribution >= 0.6 is 0 Å². The zero-order valence-electron chi connectivity index (χ0n) is 17.6. The van der Waals surface area contributed by atoms with E-state index in [-0.39, 0.29) is 17.5 Å². The van der Waals surface area contributed by atoms with Gasteiger partial charge in [-0.2, -0.15) is 0 Å². The van der Waals surface area contributed by atoms with E-state index >= 15 is 0 Å². The summed E-state index contributed by atoms with van der Waals surface area (Å²) in [5, 5.41) is 3.26. The standard InChI is InChI=1S/C21H31N5O2/c1-13(2)24-10-8-14-16(12-24)22-18-11-15(23-26(18)19(14)27)17-7-6-9-25(17)20(28)21(3,4)5/h11,13,17,23H,6-10,12H2,1-5H3. The molecule has 0 saturated carbocycles. The number of carbonyl (C=O) groups excluding carboxylic acids is 1. The maximum atomic E-state index is 13.0. The van der Waals surface area contributed by atoms with E-state index in [0.29, 0.717) is 11.7 Å². The van der Waals surface area contributed by atoms with Gasteiger partial charge in [0.25, 0.3) is 5.56 Å². The van der Waals surface area contributed by atoms with Crippen LogP contribution in [0.2, 0.25) is 0 Å². The summed E-state index contributed by atoms with van der Waals surface area (Å²) in [6, 6.07) is 2.37. The maximum Gasteiger partial charge on any atom is 0.276 e. The average molecular weight is 386 g/mol. The number of carbonyl (C=O) groups is 1. The molecule has 2 aliphatic heterocycles. The molecule has 1 amide bonds. The molecule has 152 valence electrons. The van der Waals surface area contributed by atoms with Crippen molar-refractivity contribution < 1.29 is 4.79 Å². The van der Waals surface area contributed by atoms with Gasteiger partial charge in [0.1, 0.15) is 0 Å². The Balaban J connectivity index is 1.72. The highest BCUT2D eigenvalue weighted by Crippen LogP contribution is 2.35. The Labute approximate surface area is 165 Å². The van der Waals surface area contributed by atoms with Gasteiger partial charge >= 0.3 is 0 Å². The fraction of sp³-hybridized carbons (Fsp3) is 0.667. The highest BCUT2D eigenvalue weighted by Gasteiger charge is 2.36. The average Bonchev–Trinajstić information content (AvgIpc) is 3.26. The predicted molar refractivity (Wildman–Crippen MR) is 108 cm³/mol. The van der Waals surface area contributed by atoms with Crippen molar-refractivity contribution >= 4 is 11.6 Å². The highest BCUT2D eigenvalue weighted by atomic mass is 16.2.